The van der Waals surface area contributed by atoms with Crippen LogP contribution in [0, 0.1) is 6.92 Å². The number of benzene rings is 2. The van der Waals surface area contributed by atoms with Crippen LogP contribution in [-0.2, 0) is 20.4 Å². The van der Waals surface area contributed by atoms with Crippen molar-refractivity contribution in [2.45, 2.75) is 24.1 Å². The zero-order valence-electron chi connectivity index (χ0n) is 17.0. The molecule has 0 aliphatic heterocycles. The lowest BCUT2D eigenvalue weighted by Crippen LogP contribution is -2.25. The smallest absolute Gasteiger partial charge is 0.416 e. The van der Waals surface area contributed by atoms with Gasteiger partial charge in [0, 0.05) is 17.8 Å². The van der Waals surface area contributed by atoms with Crippen molar-refractivity contribution in [2.24, 2.45) is 0 Å². The number of carboxylic acids is 1. The lowest BCUT2D eigenvalue weighted by atomic mass is 10.2. The summed E-state index contributed by atoms with van der Waals surface area (Å²) in [5.41, 5.74) is 0.0513. The Balaban J connectivity index is 1.92. The predicted octanol–water partition coefficient (Wildman–Crippen LogP) is 4.64. The average molecular weight is 460 g/mol. The van der Waals surface area contributed by atoms with Gasteiger partial charge in [0.25, 0.3) is 0 Å². The third kappa shape index (κ3) is 8.68. The highest BCUT2D eigenvalue weighted by Crippen LogP contribution is 2.30. The normalized spacial score (nSPS) is 12.4. The molecule has 0 saturated heterocycles. The van der Waals surface area contributed by atoms with Gasteiger partial charge in [-0.25, -0.2) is 4.79 Å². The lowest BCUT2D eigenvalue weighted by Gasteiger charge is -2.18. The van der Waals surface area contributed by atoms with Gasteiger partial charge in [-0.05, 0) is 55.0 Å². The first-order chi connectivity index (χ1) is 14.7. The van der Waals surface area contributed by atoms with Crippen LogP contribution >= 0.6 is 11.8 Å². The molecule has 6 nitrogen and oxygen atoms in total. The SMILES string of the molecule is COCO[C@@H](COc1ccc(C(F)(F)F)cc1)CSc1ccc(OCC(=O)O)c(C)c1. The summed E-state index contributed by atoms with van der Waals surface area (Å²) >= 11 is 1.49. The molecule has 0 saturated carbocycles. The number of methoxy groups -OCH3 is 1. The van der Waals surface area contributed by atoms with Crippen molar-refractivity contribution in [1.29, 1.82) is 0 Å². The molecule has 2 aromatic rings. The third-order valence-corrected chi connectivity index (χ3v) is 5.10. The summed E-state index contributed by atoms with van der Waals surface area (Å²) in [4.78, 5) is 11.5. The summed E-state index contributed by atoms with van der Waals surface area (Å²) < 4.78 is 59.3. The van der Waals surface area contributed by atoms with E-state index >= 15 is 0 Å². The molecule has 0 spiro atoms. The molecule has 10 heteroatoms. The molecule has 0 aromatic heterocycles. The number of hydrogen-bond acceptors (Lipinski definition) is 6. The first kappa shape index (κ1) is 24.8. The van der Waals surface area contributed by atoms with E-state index in [9.17, 15) is 18.0 Å². The molecule has 0 unspecified atom stereocenters. The minimum absolute atomic E-state index is 0.0442. The first-order valence-electron chi connectivity index (χ1n) is 9.17. The van der Waals surface area contributed by atoms with Crippen LogP contribution in [0.25, 0.3) is 0 Å². The van der Waals surface area contributed by atoms with Crippen molar-refractivity contribution < 1.29 is 42.0 Å². The highest BCUT2D eigenvalue weighted by molar-refractivity contribution is 7.99. The summed E-state index contributed by atoms with van der Waals surface area (Å²) in [7, 11) is 1.49. The van der Waals surface area contributed by atoms with E-state index < -0.39 is 24.3 Å². The van der Waals surface area contributed by atoms with E-state index in [1.54, 1.807) is 12.1 Å². The molecule has 0 heterocycles. The van der Waals surface area contributed by atoms with Gasteiger partial charge >= 0.3 is 12.1 Å². The molecule has 1 atom stereocenters. The second-order valence-corrected chi connectivity index (χ2v) is 7.54. The van der Waals surface area contributed by atoms with Crippen LogP contribution in [0.4, 0.5) is 13.2 Å². The lowest BCUT2D eigenvalue weighted by molar-refractivity contribution is -0.139. The van der Waals surface area contributed by atoms with Crippen LogP contribution in [0.5, 0.6) is 11.5 Å². The molecule has 1 N–H and O–H groups in total. The standard InChI is InChI=1S/C21H23F3O6S/c1-14-9-18(7-8-19(14)29-11-20(25)26)31-12-17(30-13-27-2)10-28-16-5-3-15(4-6-16)21(22,23)24/h3-9,17H,10-13H2,1-2H3,(H,25,26)/t17-/m0/s1. The molecule has 170 valence electrons. The van der Waals surface area contributed by atoms with Crippen molar-refractivity contribution >= 4 is 17.7 Å². The Hall–Kier alpha value is -2.43. The van der Waals surface area contributed by atoms with E-state index in [0.717, 1.165) is 22.6 Å². The largest absolute Gasteiger partial charge is 0.491 e. The van der Waals surface area contributed by atoms with E-state index in [0.29, 0.717) is 17.3 Å². The van der Waals surface area contributed by atoms with Gasteiger partial charge in [0.05, 0.1) is 5.56 Å². The summed E-state index contributed by atoms with van der Waals surface area (Å²) in [6, 6.07) is 9.83. The molecule has 0 amide bonds. The van der Waals surface area contributed by atoms with E-state index in [-0.39, 0.29) is 19.5 Å². The second kappa shape index (κ2) is 11.8. The summed E-state index contributed by atoms with van der Waals surface area (Å²) in [5.74, 6) is 0.243. The Morgan fingerprint density at radius 2 is 1.84 bits per heavy atom. The maximum absolute atomic E-state index is 12.7. The topological polar surface area (TPSA) is 74.2 Å². The minimum atomic E-state index is -4.40. The summed E-state index contributed by atoms with van der Waals surface area (Å²) in [6.45, 7) is 1.57. The molecule has 0 aliphatic rings. The molecule has 0 fully saturated rings. The van der Waals surface area contributed by atoms with Gasteiger partial charge in [-0.15, -0.1) is 11.8 Å². The fourth-order valence-corrected chi connectivity index (χ4v) is 3.44. The van der Waals surface area contributed by atoms with Gasteiger partial charge in [-0.2, -0.15) is 13.2 Å². The van der Waals surface area contributed by atoms with Gasteiger partial charge in [0.15, 0.2) is 6.61 Å². The van der Waals surface area contributed by atoms with Gasteiger partial charge in [0.1, 0.15) is 31.0 Å². The van der Waals surface area contributed by atoms with Gasteiger partial charge in [-0.3, -0.25) is 0 Å². The Kier molecular flexibility index (Phi) is 9.47. The maximum atomic E-state index is 12.7. The highest BCUT2D eigenvalue weighted by atomic mass is 32.2. The van der Waals surface area contributed by atoms with Crippen LogP contribution in [0.1, 0.15) is 11.1 Å². The number of hydrogen-bond donors (Lipinski definition) is 1. The molecule has 0 bridgehead atoms. The third-order valence-electron chi connectivity index (χ3n) is 3.97. The monoisotopic (exact) mass is 460 g/mol. The van der Waals surface area contributed by atoms with Crippen LogP contribution in [0.3, 0.4) is 0 Å². The molecule has 2 rings (SSSR count). The van der Waals surface area contributed by atoms with E-state index in [4.69, 9.17) is 24.1 Å². The average Bonchev–Trinajstić information content (AvgIpc) is 2.72. The summed E-state index contributed by atoms with van der Waals surface area (Å²) in [5, 5.41) is 8.70. The van der Waals surface area contributed by atoms with Crippen molar-refractivity contribution in [3.05, 3.63) is 53.6 Å². The van der Waals surface area contributed by atoms with E-state index in [1.165, 1.54) is 31.0 Å². The van der Waals surface area contributed by atoms with Crippen LogP contribution in [-0.4, -0.2) is 50.0 Å². The number of aryl methyl sites for hydroxylation is 1. The number of ether oxygens (including phenoxy) is 4. The van der Waals surface area contributed by atoms with E-state index in [2.05, 4.69) is 0 Å². The van der Waals surface area contributed by atoms with Crippen molar-refractivity contribution in [2.75, 3.05) is 32.9 Å². The molecular weight excluding hydrogens is 437 g/mol. The minimum Gasteiger partial charge on any atom is -0.491 e. The van der Waals surface area contributed by atoms with Crippen molar-refractivity contribution in [1.82, 2.24) is 0 Å². The number of alkyl halides is 3. The highest BCUT2D eigenvalue weighted by Gasteiger charge is 2.30. The summed E-state index contributed by atoms with van der Waals surface area (Å²) in [6.07, 6.45) is -4.78. The Bertz CT molecular complexity index is 842. The van der Waals surface area contributed by atoms with Gasteiger partial charge in [0.2, 0.25) is 0 Å². The molecular formula is C21H23F3O6S. The predicted molar refractivity (Wildman–Crippen MR) is 109 cm³/mol. The number of rotatable bonds is 12. The molecule has 0 aliphatic carbocycles. The number of carboxylic acid groups (broad SMARTS) is 1. The van der Waals surface area contributed by atoms with Gasteiger partial charge in [-0.1, -0.05) is 0 Å². The van der Waals surface area contributed by atoms with Crippen LogP contribution in [0.2, 0.25) is 0 Å². The fraction of sp³-hybridized carbons (Fsp3) is 0.381. The fourth-order valence-electron chi connectivity index (χ4n) is 2.44. The number of thioether (sulfide) groups is 1. The van der Waals surface area contributed by atoms with Crippen molar-refractivity contribution in [3.63, 3.8) is 0 Å². The van der Waals surface area contributed by atoms with Crippen molar-refractivity contribution in [3.8, 4) is 11.5 Å². The Morgan fingerprint density at radius 3 is 2.42 bits per heavy atom. The van der Waals surface area contributed by atoms with Crippen LogP contribution < -0.4 is 9.47 Å². The molecule has 0 radical (unpaired) electrons. The molecule has 2 aromatic carbocycles. The zero-order chi connectivity index (χ0) is 22.9. The second-order valence-electron chi connectivity index (χ2n) is 6.45. The van der Waals surface area contributed by atoms with Gasteiger partial charge < -0.3 is 24.1 Å². The molecule has 31 heavy (non-hydrogen) atoms. The number of halogens is 3. The zero-order valence-corrected chi connectivity index (χ0v) is 17.8. The maximum Gasteiger partial charge on any atom is 0.416 e. The first-order valence-corrected chi connectivity index (χ1v) is 10.2. The van der Waals surface area contributed by atoms with Crippen LogP contribution in [0.15, 0.2) is 47.4 Å². The Morgan fingerprint density at radius 1 is 1.13 bits per heavy atom. The number of carbonyl (C=O) groups is 1. The Labute approximate surface area is 182 Å². The van der Waals surface area contributed by atoms with E-state index in [1.807, 2.05) is 13.0 Å². The quantitative estimate of drug-likeness (QED) is 0.365. The number of aliphatic carboxylic acids is 1.